The lowest BCUT2D eigenvalue weighted by atomic mass is 10.2. The Morgan fingerprint density at radius 3 is 2.55 bits per heavy atom. The molecule has 0 saturated heterocycles. The van der Waals surface area contributed by atoms with Crippen LogP contribution in [0.5, 0.6) is 0 Å². The van der Waals surface area contributed by atoms with Gasteiger partial charge in [-0.3, -0.25) is 5.14 Å². The third-order valence-electron chi connectivity index (χ3n) is 1.44. The Kier molecular flexibility index (Phi) is 5.99. The summed E-state index contributed by atoms with van der Waals surface area (Å²) in [5.74, 6) is 0. The Bertz CT molecular complexity index is 180. The first-order valence-corrected chi connectivity index (χ1v) is 4.52. The maximum absolute atomic E-state index is 5.39. The zero-order valence-corrected chi connectivity index (χ0v) is 7.95. The highest BCUT2D eigenvalue weighted by Crippen LogP contribution is 2.14. The molecule has 0 fully saturated rings. The molecule has 1 nitrogen and oxygen atoms in total. The molecule has 0 atom stereocenters. The lowest BCUT2D eigenvalue weighted by Gasteiger charge is -1.98. The number of rotatable bonds is 4. The van der Waals surface area contributed by atoms with Crippen LogP contribution in [0.1, 0.15) is 20.3 Å². The fraction of sp³-hybridized carbons (Fsp3) is 0.333. The maximum atomic E-state index is 5.39. The van der Waals surface area contributed by atoms with Gasteiger partial charge in [-0.25, -0.2) is 0 Å². The SMILES string of the molecule is C=C/C(=C\C(=C/C)CC)SN. The minimum absolute atomic E-state index is 1.01. The lowest BCUT2D eigenvalue weighted by Crippen LogP contribution is -1.81. The predicted molar refractivity (Wildman–Crippen MR) is 54.1 cm³/mol. The molecule has 0 aromatic carbocycles. The fourth-order valence-electron chi connectivity index (χ4n) is 0.713. The molecule has 0 aliphatic rings. The molecule has 0 unspecified atom stereocenters. The van der Waals surface area contributed by atoms with Crippen LogP contribution in [0, 0.1) is 0 Å². The van der Waals surface area contributed by atoms with Crippen molar-refractivity contribution in [3.8, 4) is 0 Å². The smallest absolute Gasteiger partial charge is 0.0222 e. The van der Waals surface area contributed by atoms with Crippen molar-refractivity contribution in [2.45, 2.75) is 20.3 Å². The van der Waals surface area contributed by atoms with Crippen molar-refractivity contribution >= 4 is 11.9 Å². The summed E-state index contributed by atoms with van der Waals surface area (Å²) in [4.78, 5) is 1.01. The van der Waals surface area contributed by atoms with Crippen molar-refractivity contribution in [2.75, 3.05) is 0 Å². The van der Waals surface area contributed by atoms with E-state index in [2.05, 4.69) is 25.7 Å². The minimum atomic E-state index is 1.01. The van der Waals surface area contributed by atoms with Crippen molar-refractivity contribution in [2.24, 2.45) is 5.14 Å². The molecule has 0 aliphatic carbocycles. The van der Waals surface area contributed by atoms with Gasteiger partial charge in [-0.2, -0.15) is 0 Å². The Morgan fingerprint density at radius 2 is 2.27 bits per heavy atom. The van der Waals surface area contributed by atoms with Gasteiger partial charge in [0.25, 0.3) is 0 Å². The normalized spacial score (nSPS) is 13.4. The zero-order chi connectivity index (χ0) is 8.69. The summed E-state index contributed by atoms with van der Waals surface area (Å²) >= 11 is 1.23. The minimum Gasteiger partial charge on any atom is -0.274 e. The van der Waals surface area contributed by atoms with Crippen LogP contribution in [0.15, 0.2) is 35.3 Å². The fourth-order valence-corrected chi connectivity index (χ4v) is 1.03. The molecule has 0 aromatic heterocycles. The van der Waals surface area contributed by atoms with E-state index in [9.17, 15) is 0 Å². The van der Waals surface area contributed by atoms with E-state index in [4.69, 9.17) is 5.14 Å². The molecule has 0 radical (unpaired) electrons. The Balaban J connectivity index is 4.35. The monoisotopic (exact) mass is 169 g/mol. The van der Waals surface area contributed by atoms with E-state index in [1.807, 2.05) is 6.92 Å². The molecule has 0 aromatic rings. The Morgan fingerprint density at radius 1 is 1.64 bits per heavy atom. The third-order valence-corrected chi connectivity index (χ3v) is 2.00. The van der Waals surface area contributed by atoms with Crippen LogP contribution < -0.4 is 5.14 Å². The van der Waals surface area contributed by atoms with Gasteiger partial charge in [-0.05, 0) is 31.4 Å². The van der Waals surface area contributed by atoms with Gasteiger partial charge in [0, 0.05) is 4.91 Å². The third kappa shape index (κ3) is 4.06. The number of hydrogen-bond donors (Lipinski definition) is 1. The Labute approximate surface area is 73.2 Å². The Hall–Kier alpha value is -0.470. The quantitative estimate of drug-likeness (QED) is 0.517. The summed E-state index contributed by atoms with van der Waals surface area (Å²) in [5.41, 5.74) is 1.29. The van der Waals surface area contributed by atoms with Crippen LogP contribution in [-0.4, -0.2) is 0 Å². The molecule has 0 aliphatic heterocycles. The number of nitrogens with two attached hydrogens (primary N) is 1. The molecular formula is C9H15NS. The first-order valence-electron chi connectivity index (χ1n) is 3.64. The van der Waals surface area contributed by atoms with Gasteiger partial charge in [0.1, 0.15) is 0 Å². The van der Waals surface area contributed by atoms with Crippen molar-refractivity contribution in [3.05, 3.63) is 35.3 Å². The first kappa shape index (κ1) is 10.5. The number of allylic oxidation sites excluding steroid dienone is 4. The van der Waals surface area contributed by atoms with Crippen molar-refractivity contribution < 1.29 is 0 Å². The van der Waals surface area contributed by atoms with Crippen molar-refractivity contribution in [1.29, 1.82) is 0 Å². The highest BCUT2D eigenvalue weighted by atomic mass is 32.2. The highest BCUT2D eigenvalue weighted by molar-refractivity contribution is 8.01. The van der Waals surface area contributed by atoms with Crippen molar-refractivity contribution in [3.63, 3.8) is 0 Å². The van der Waals surface area contributed by atoms with Gasteiger partial charge in [0.2, 0.25) is 0 Å². The second-order valence-corrected chi connectivity index (χ2v) is 2.79. The maximum Gasteiger partial charge on any atom is 0.0222 e. The van der Waals surface area contributed by atoms with Crippen LogP contribution in [-0.2, 0) is 0 Å². The van der Waals surface area contributed by atoms with E-state index in [1.165, 1.54) is 17.5 Å². The summed E-state index contributed by atoms with van der Waals surface area (Å²) in [6.07, 6.45) is 6.94. The van der Waals surface area contributed by atoms with Gasteiger partial charge >= 0.3 is 0 Å². The van der Waals surface area contributed by atoms with Crippen molar-refractivity contribution in [1.82, 2.24) is 0 Å². The molecule has 0 rings (SSSR count). The van der Waals surface area contributed by atoms with E-state index in [0.717, 1.165) is 11.3 Å². The van der Waals surface area contributed by atoms with E-state index in [1.54, 1.807) is 6.08 Å². The van der Waals surface area contributed by atoms with Crippen LogP contribution in [0.4, 0.5) is 0 Å². The summed E-state index contributed by atoms with van der Waals surface area (Å²) in [6.45, 7) is 7.80. The van der Waals surface area contributed by atoms with E-state index in [-0.39, 0.29) is 0 Å². The standard InChI is InChI=1S/C9H15NS/c1-4-8(5-2)7-9(6-3)11-10/h4,6-7H,3,5,10H2,1-2H3/b8-4-,9-7+. The van der Waals surface area contributed by atoms with E-state index < -0.39 is 0 Å². The topological polar surface area (TPSA) is 26.0 Å². The molecule has 62 valence electrons. The molecule has 0 amide bonds. The second-order valence-electron chi connectivity index (χ2n) is 2.09. The van der Waals surface area contributed by atoms with Crippen LogP contribution in [0.3, 0.4) is 0 Å². The molecule has 0 spiro atoms. The average Bonchev–Trinajstić information content (AvgIpc) is 2.07. The van der Waals surface area contributed by atoms with E-state index >= 15 is 0 Å². The van der Waals surface area contributed by atoms with Crippen LogP contribution >= 0.6 is 11.9 Å². The second kappa shape index (κ2) is 6.25. The summed E-state index contributed by atoms with van der Waals surface area (Å²) < 4.78 is 0. The molecule has 11 heavy (non-hydrogen) atoms. The number of hydrogen-bond acceptors (Lipinski definition) is 2. The molecule has 2 heteroatoms. The molecular weight excluding hydrogens is 154 g/mol. The lowest BCUT2D eigenvalue weighted by molar-refractivity contribution is 1.14. The van der Waals surface area contributed by atoms with Crippen LogP contribution in [0.25, 0.3) is 0 Å². The molecule has 2 N–H and O–H groups in total. The predicted octanol–water partition coefficient (Wildman–Crippen LogP) is 3.02. The van der Waals surface area contributed by atoms with Gasteiger partial charge in [-0.1, -0.05) is 31.2 Å². The highest BCUT2D eigenvalue weighted by Gasteiger charge is 1.90. The zero-order valence-electron chi connectivity index (χ0n) is 7.13. The summed E-state index contributed by atoms with van der Waals surface area (Å²) in [5, 5.41) is 5.39. The van der Waals surface area contributed by atoms with Gasteiger partial charge in [-0.15, -0.1) is 0 Å². The van der Waals surface area contributed by atoms with Gasteiger partial charge in [0.15, 0.2) is 0 Å². The first-order chi connectivity index (χ1) is 5.28. The van der Waals surface area contributed by atoms with Gasteiger partial charge in [0.05, 0.1) is 0 Å². The van der Waals surface area contributed by atoms with Gasteiger partial charge < -0.3 is 0 Å². The average molecular weight is 169 g/mol. The van der Waals surface area contributed by atoms with E-state index in [0.29, 0.717) is 0 Å². The molecule has 0 saturated carbocycles. The van der Waals surface area contributed by atoms with Crippen LogP contribution in [0.2, 0.25) is 0 Å². The summed E-state index contributed by atoms with van der Waals surface area (Å²) in [7, 11) is 0. The molecule has 0 heterocycles. The largest absolute Gasteiger partial charge is 0.274 e. The molecule has 0 bridgehead atoms. The summed E-state index contributed by atoms with van der Waals surface area (Å²) in [6, 6.07) is 0.